The van der Waals surface area contributed by atoms with E-state index < -0.39 is 0 Å². The summed E-state index contributed by atoms with van der Waals surface area (Å²) in [6.07, 6.45) is 2.02. The van der Waals surface area contributed by atoms with Crippen LogP contribution in [0.2, 0.25) is 0 Å². The Hall–Kier alpha value is -3.73. The molecule has 142 valence electrons. The van der Waals surface area contributed by atoms with Crippen molar-refractivity contribution in [2.45, 2.75) is 6.54 Å². The number of halogens is 1. The highest BCUT2D eigenvalue weighted by atomic mass is 19.1. The molecule has 5 heteroatoms. The van der Waals surface area contributed by atoms with Gasteiger partial charge in [-0.3, -0.25) is 0 Å². The van der Waals surface area contributed by atoms with Crippen LogP contribution >= 0.6 is 0 Å². The van der Waals surface area contributed by atoms with E-state index in [9.17, 15) is 4.39 Å². The second-order valence-electron chi connectivity index (χ2n) is 6.90. The van der Waals surface area contributed by atoms with Crippen LogP contribution in [0.1, 0.15) is 5.56 Å². The van der Waals surface area contributed by atoms with Crippen LogP contribution in [0.25, 0.3) is 33.4 Å². The highest BCUT2D eigenvalue weighted by molar-refractivity contribution is 5.98. The van der Waals surface area contributed by atoms with Crippen molar-refractivity contribution < 1.29 is 9.13 Å². The van der Waals surface area contributed by atoms with Gasteiger partial charge in [-0.1, -0.05) is 36.4 Å². The summed E-state index contributed by atoms with van der Waals surface area (Å²) in [6, 6.07) is 22.6. The smallest absolute Gasteiger partial charge is 0.128 e. The van der Waals surface area contributed by atoms with Crippen molar-refractivity contribution >= 4 is 10.9 Å². The van der Waals surface area contributed by atoms with Crippen LogP contribution in [0.3, 0.4) is 0 Å². The minimum absolute atomic E-state index is 0.210. The largest absolute Gasteiger partial charge is 0.497 e. The zero-order chi connectivity index (χ0) is 19.8. The van der Waals surface area contributed by atoms with E-state index in [0.717, 1.165) is 39.2 Å². The molecule has 0 amide bonds. The van der Waals surface area contributed by atoms with Crippen LogP contribution in [0, 0.1) is 5.82 Å². The first kappa shape index (κ1) is 17.4. The Labute approximate surface area is 167 Å². The highest BCUT2D eigenvalue weighted by Gasteiger charge is 2.20. The number of benzene rings is 3. The number of methoxy groups -OCH3 is 1. The van der Waals surface area contributed by atoms with Gasteiger partial charge in [-0.05, 0) is 36.4 Å². The second kappa shape index (κ2) is 7.02. The summed E-state index contributed by atoms with van der Waals surface area (Å²) in [5, 5.41) is 9.92. The van der Waals surface area contributed by atoms with Crippen molar-refractivity contribution in [1.82, 2.24) is 14.8 Å². The van der Waals surface area contributed by atoms with Gasteiger partial charge in [-0.15, -0.1) is 10.2 Å². The summed E-state index contributed by atoms with van der Waals surface area (Å²) < 4.78 is 21.6. The molecule has 2 aliphatic heterocycles. The molecule has 2 aliphatic rings. The van der Waals surface area contributed by atoms with Gasteiger partial charge in [0.1, 0.15) is 23.0 Å². The number of ether oxygens (including phenoxy) is 1. The van der Waals surface area contributed by atoms with Gasteiger partial charge in [0.05, 0.1) is 19.2 Å². The van der Waals surface area contributed by atoms with Crippen LogP contribution in [-0.4, -0.2) is 21.9 Å². The van der Waals surface area contributed by atoms with Crippen LogP contribution in [-0.2, 0) is 6.54 Å². The van der Waals surface area contributed by atoms with Crippen LogP contribution in [0.4, 0.5) is 4.39 Å². The van der Waals surface area contributed by atoms with Gasteiger partial charge in [-0.25, -0.2) is 4.39 Å². The Bertz CT molecular complexity index is 1280. The number of rotatable bonds is 4. The third-order valence-electron chi connectivity index (χ3n) is 5.18. The molecule has 0 aliphatic carbocycles. The lowest BCUT2D eigenvalue weighted by Crippen LogP contribution is -2.05. The highest BCUT2D eigenvalue weighted by Crippen LogP contribution is 2.37. The number of nitrogens with zero attached hydrogens (tertiary/aromatic N) is 3. The average molecular weight is 383 g/mol. The summed E-state index contributed by atoms with van der Waals surface area (Å²) in [5.41, 5.74) is 5.17. The van der Waals surface area contributed by atoms with Crippen molar-refractivity contribution in [1.29, 1.82) is 0 Å². The summed E-state index contributed by atoms with van der Waals surface area (Å²) in [4.78, 5) is 0. The van der Waals surface area contributed by atoms with Crippen molar-refractivity contribution in [3.8, 4) is 28.3 Å². The molecule has 0 atom stereocenters. The zero-order valence-electron chi connectivity index (χ0n) is 15.8. The van der Waals surface area contributed by atoms with E-state index in [1.165, 1.54) is 6.07 Å². The molecule has 3 aromatic carbocycles. The predicted octanol–water partition coefficient (Wildman–Crippen LogP) is 5.40. The van der Waals surface area contributed by atoms with Crippen molar-refractivity contribution in [2.24, 2.45) is 0 Å². The standard InChI is InChI=1S/C24H18FN3O/c1-29-18-12-10-16(11-13-18)23-20-15-28(14-17-6-2-4-8-21(17)25)22-9-5-3-7-19(22)24(20)27-26-23/h2-13,15H,14H2,1H3. The molecule has 0 spiro atoms. The van der Waals surface area contributed by atoms with Crippen LogP contribution in [0.15, 0.2) is 79.0 Å². The summed E-state index contributed by atoms with van der Waals surface area (Å²) in [7, 11) is 1.64. The normalized spacial score (nSPS) is 11.2. The molecule has 0 aromatic heterocycles. The fourth-order valence-electron chi connectivity index (χ4n) is 3.69. The van der Waals surface area contributed by atoms with Gasteiger partial charge in [-0.2, -0.15) is 0 Å². The molecule has 29 heavy (non-hydrogen) atoms. The first-order valence-electron chi connectivity index (χ1n) is 9.36. The van der Waals surface area contributed by atoms with E-state index in [1.807, 2.05) is 66.9 Å². The molecule has 0 unspecified atom stereocenters. The number of pyridine rings is 1. The SMILES string of the molecule is COc1ccc(-c2nnc3c4ccccc4n(Cc4ccccc4F)cc2-3)cc1. The number of aromatic nitrogens is 3. The summed E-state index contributed by atoms with van der Waals surface area (Å²) in [5.74, 6) is 0.580. The van der Waals surface area contributed by atoms with E-state index in [0.29, 0.717) is 12.1 Å². The lowest BCUT2D eigenvalue weighted by molar-refractivity contribution is 0.415. The minimum Gasteiger partial charge on any atom is -0.497 e. The maximum atomic E-state index is 14.3. The Balaban J connectivity index is 1.70. The van der Waals surface area contributed by atoms with Crippen LogP contribution in [0.5, 0.6) is 5.75 Å². The Morgan fingerprint density at radius 2 is 1.59 bits per heavy atom. The lowest BCUT2D eigenvalue weighted by Gasteiger charge is -2.15. The molecule has 0 bridgehead atoms. The van der Waals surface area contributed by atoms with Gasteiger partial charge in [0.15, 0.2) is 0 Å². The fourth-order valence-corrected chi connectivity index (χ4v) is 3.69. The number of hydrogen-bond donors (Lipinski definition) is 0. The molecule has 4 nitrogen and oxygen atoms in total. The molecule has 5 rings (SSSR count). The Morgan fingerprint density at radius 3 is 2.38 bits per heavy atom. The summed E-state index contributed by atoms with van der Waals surface area (Å²) in [6.45, 7) is 0.427. The number of fused-ring (bicyclic) bond motifs is 3. The molecule has 0 saturated carbocycles. The lowest BCUT2D eigenvalue weighted by atomic mass is 10.0. The molecule has 0 fully saturated rings. The summed E-state index contributed by atoms with van der Waals surface area (Å²) >= 11 is 0. The monoisotopic (exact) mass is 383 g/mol. The van der Waals surface area contributed by atoms with Gasteiger partial charge >= 0.3 is 0 Å². The molecule has 3 aromatic rings. The Kier molecular flexibility index (Phi) is 4.21. The molecule has 2 heterocycles. The van der Waals surface area contributed by atoms with Crippen molar-refractivity contribution in [2.75, 3.05) is 7.11 Å². The third-order valence-corrected chi connectivity index (χ3v) is 5.18. The van der Waals surface area contributed by atoms with Gasteiger partial charge in [0.25, 0.3) is 0 Å². The first-order valence-corrected chi connectivity index (χ1v) is 9.36. The van der Waals surface area contributed by atoms with E-state index >= 15 is 0 Å². The van der Waals surface area contributed by atoms with Crippen molar-refractivity contribution in [3.05, 3.63) is 90.4 Å². The quantitative estimate of drug-likeness (QED) is 0.417. The zero-order valence-corrected chi connectivity index (χ0v) is 15.8. The number of hydrogen-bond acceptors (Lipinski definition) is 3. The van der Waals surface area contributed by atoms with E-state index in [4.69, 9.17) is 4.74 Å². The average Bonchev–Trinajstić information content (AvgIpc) is 3.19. The predicted molar refractivity (Wildman–Crippen MR) is 112 cm³/mol. The molecular weight excluding hydrogens is 365 g/mol. The fraction of sp³-hybridized carbons (Fsp3) is 0.0833. The maximum absolute atomic E-state index is 14.3. The topological polar surface area (TPSA) is 39.9 Å². The first-order chi connectivity index (χ1) is 14.2. The van der Waals surface area contributed by atoms with E-state index in [2.05, 4.69) is 14.8 Å². The van der Waals surface area contributed by atoms with Gasteiger partial charge in [0, 0.05) is 28.3 Å². The molecular formula is C24H18FN3O. The van der Waals surface area contributed by atoms with E-state index in [-0.39, 0.29) is 5.82 Å². The van der Waals surface area contributed by atoms with Crippen LogP contribution < -0.4 is 4.74 Å². The van der Waals surface area contributed by atoms with E-state index in [1.54, 1.807) is 13.2 Å². The Morgan fingerprint density at radius 1 is 0.862 bits per heavy atom. The molecule has 0 saturated heterocycles. The van der Waals surface area contributed by atoms with Gasteiger partial charge < -0.3 is 9.30 Å². The molecule has 0 radical (unpaired) electrons. The van der Waals surface area contributed by atoms with Crippen molar-refractivity contribution in [3.63, 3.8) is 0 Å². The second-order valence-corrected chi connectivity index (χ2v) is 6.90. The minimum atomic E-state index is -0.210. The maximum Gasteiger partial charge on any atom is 0.128 e. The van der Waals surface area contributed by atoms with Gasteiger partial charge in [0.2, 0.25) is 0 Å². The third kappa shape index (κ3) is 3.01. The number of para-hydroxylation sites is 1. The molecule has 0 N–H and O–H groups in total.